The quantitative estimate of drug-likeness (QED) is 0.878. The van der Waals surface area contributed by atoms with Crippen molar-refractivity contribution in [2.75, 3.05) is 13.1 Å². The van der Waals surface area contributed by atoms with Crippen molar-refractivity contribution in [3.05, 3.63) is 18.0 Å². The topological polar surface area (TPSA) is 45.5 Å². The van der Waals surface area contributed by atoms with E-state index in [1.54, 1.807) is 0 Å². The lowest BCUT2D eigenvalue weighted by molar-refractivity contribution is 0.209. The summed E-state index contributed by atoms with van der Waals surface area (Å²) in [5.74, 6) is 1.85. The highest BCUT2D eigenvalue weighted by molar-refractivity contribution is 5.82. The number of fused-ring (bicyclic) bond motifs is 1. The second-order valence-corrected chi connectivity index (χ2v) is 5.90. The van der Waals surface area contributed by atoms with Crippen LogP contribution >= 0.6 is 0 Å². The van der Waals surface area contributed by atoms with Gasteiger partial charge in [-0.1, -0.05) is 6.92 Å². The number of rotatable bonds is 2. The van der Waals surface area contributed by atoms with Crippen LogP contribution in [0.15, 0.2) is 17.3 Å². The van der Waals surface area contributed by atoms with Crippen molar-refractivity contribution in [1.82, 2.24) is 20.0 Å². The molecule has 0 spiro atoms. The largest absolute Gasteiger partial charge is 0.348 e. The van der Waals surface area contributed by atoms with Crippen molar-refractivity contribution in [2.24, 2.45) is 18.0 Å². The van der Waals surface area contributed by atoms with Gasteiger partial charge in [-0.05, 0) is 31.7 Å². The number of nitrogens with one attached hydrogen (secondary N) is 1. The Kier molecular flexibility index (Phi) is 3.21. The molecule has 0 saturated carbocycles. The highest BCUT2D eigenvalue weighted by Gasteiger charge is 2.33. The zero-order valence-electron chi connectivity index (χ0n) is 12.0. The van der Waals surface area contributed by atoms with E-state index in [9.17, 15) is 0 Å². The van der Waals surface area contributed by atoms with Crippen LogP contribution in [-0.2, 0) is 7.05 Å². The second-order valence-electron chi connectivity index (χ2n) is 5.90. The van der Waals surface area contributed by atoms with E-state index in [0.717, 1.165) is 25.0 Å². The van der Waals surface area contributed by atoms with Gasteiger partial charge in [-0.15, -0.1) is 0 Å². The highest BCUT2D eigenvalue weighted by Crippen LogP contribution is 2.26. The predicted molar refractivity (Wildman–Crippen MR) is 76.0 cm³/mol. The Balaban J connectivity index is 1.68. The van der Waals surface area contributed by atoms with Crippen LogP contribution < -0.4 is 5.32 Å². The number of aliphatic imine (C=N–C) groups is 1. The van der Waals surface area contributed by atoms with Gasteiger partial charge in [0.15, 0.2) is 5.96 Å². The second kappa shape index (κ2) is 4.87. The molecule has 1 fully saturated rings. The third kappa shape index (κ3) is 2.33. The SMILES string of the molecule is CC1CCC2CN=C(NC(C)c3ccnn3C)N2C1. The molecule has 5 heteroatoms. The Morgan fingerprint density at radius 2 is 2.26 bits per heavy atom. The summed E-state index contributed by atoms with van der Waals surface area (Å²) in [6, 6.07) is 2.92. The van der Waals surface area contributed by atoms with E-state index in [1.807, 2.05) is 17.9 Å². The van der Waals surface area contributed by atoms with Crippen LogP contribution in [0.4, 0.5) is 0 Å². The third-order valence-corrected chi connectivity index (χ3v) is 4.31. The molecule has 0 aliphatic carbocycles. The molecule has 3 heterocycles. The minimum Gasteiger partial charge on any atom is -0.348 e. The van der Waals surface area contributed by atoms with Crippen molar-refractivity contribution < 1.29 is 0 Å². The van der Waals surface area contributed by atoms with Crippen LogP contribution in [0.1, 0.15) is 38.4 Å². The fraction of sp³-hybridized carbons (Fsp3) is 0.714. The van der Waals surface area contributed by atoms with Crippen LogP contribution in [-0.4, -0.2) is 39.8 Å². The molecule has 2 aliphatic heterocycles. The fourth-order valence-corrected chi connectivity index (χ4v) is 3.15. The Morgan fingerprint density at radius 3 is 3.00 bits per heavy atom. The molecule has 104 valence electrons. The summed E-state index contributed by atoms with van der Waals surface area (Å²) in [5, 5.41) is 7.79. The first-order valence-corrected chi connectivity index (χ1v) is 7.20. The lowest BCUT2D eigenvalue weighted by Gasteiger charge is -2.36. The lowest BCUT2D eigenvalue weighted by Crippen LogP contribution is -2.48. The minimum atomic E-state index is 0.238. The standard InChI is InChI=1S/C14H23N5/c1-10-4-5-12-8-15-14(19(12)9-10)17-11(2)13-6-7-16-18(13)3/h6-7,10-12H,4-5,8-9H2,1-3H3,(H,15,17). The monoisotopic (exact) mass is 261 g/mol. The number of nitrogens with zero attached hydrogens (tertiary/aromatic N) is 4. The number of hydrogen-bond donors (Lipinski definition) is 1. The lowest BCUT2D eigenvalue weighted by atomic mass is 9.95. The smallest absolute Gasteiger partial charge is 0.194 e. The van der Waals surface area contributed by atoms with Crippen molar-refractivity contribution in [3.8, 4) is 0 Å². The molecular formula is C14H23N5. The molecule has 5 nitrogen and oxygen atoms in total. The molecule has 1 N–H and O–H groups in total. The molecule has 2 aliphatic rings. The number of aryl methyl sites for hydroxylation is 1. The van der Waals surface area contributed by atoms with Crippen molar-refractivity contribution in [2.45, 2.75) is 38.8 Å². The molecule has 1 aromatic rings. The van der Waals surface area contributed by atoms with Crippen LogP contribution in [0.3, 0.4) is 0 Å². The molecule has 1 aromatic heterocycles. The number of piperidine rings is 1. The highest BCUT2D eigenvalue weighted by atomic mass is 15.4. The van der Waals surface area contributed by atoms with Gasteiger partial charge < -0.3 is 10.2 Å². The molecule has 19 heavy (non-hydrogen) atoms. The van der Waals surface area contributed by atoms with Gasteiger partial charge in [0.2, 0.25) is 0 Å². The molecule has 0 amide bonds. The molecular weight excluding hydrogens is 238 g/mol. The molecule has 0 bridgehead atoms. The van der Waals surface area contributed by atoms with Crippen LogP contribution in [0, 0.1) is 5.92 Å². The van der Waals surface area contributed by atoms with Crippen molar-refractivity contribution >= 4 is 5.96 Å². The predicted octanol–water partition coefficient (Wildman–Crippen LogP) is 1.54. The van der Waals surface area contributed by atoms with Crippen LogP contribution in [0.25, 0.3) is 0 Å². The normalized spacial score (nSPS) is 27.9. The summed E-state index contributed by atoms with van der Waals surface area (Å²) in [7, 11) is 1.98. The molecule has 0 aromatic carbocycles. The van der Waals surface area contributed by atoms with Crippen molar-refractivity contribution in [3.63, 3.8) is 0 Å². The third-order valence-electron chi connectivity index (χ3n) is 4.31. The molecule has 0 radical (unpaired) electrons. The van der Waals surface area contributed by atoms with Gasteiger partial charge in [0.25, 0.3) is 0 Å². The van der Waals surface area contributed by atoms with Gasteiger partial charge in [0.1, 0.15) is 0 Å². The zero-order chi connectivity index (χ0) is 13.4. The molecule has 1 saturated heterocycles. The first kappa shape index (κ1) is 12.5. The summed E-state index contributed by atoms with van der Waals surface area (Å²) < 4.78 is 1.92. The maximum Gasteiger partial charge on any atom is 0.194 e. The molecule has 3 atom stereocenters. The van der Waals surface area contributed by atoms with Crippen molar-refractivity contribution in [1.29, 1.82) is 0 Å². The maximum absolute atomic E-state index is 4.70. The zero-order valence-corrected chi connectivity index (χ0v) is 12.0. The van der Waals surface area contributed by atoms with E-state index >= 15 is 0 Å². The summed E-state index contributed by atoms with van der Waals surface area (Å²) in [4.78, 5) is 7.16. The Bertz CT molecular complexity index is 478. The Labute approximate surface area is 114 Å². The average molecular weight is 261 g/mol. The Morgan fingerprint density at radius 1 is 1.42 bits per heavy atom. The molecule has 3 unspecified atom stereocenters. The molecule has 3 rings (SSSR count). The van der Waals surface area contributed by atoms with Crippen LogP contribution in [0.5, 0.6) is 0 Å². The van der Waals surface area contributed by atoms with Gasteiger partial charge in [-0.2, -0.15) is 5.10 Å². The average Bonchev–Trinajstić information content (AvgIpc) is 2.96. The van der Waals surface area contributed by atoms with E-state index in [4.69, 9.17) is 4.99 Å². The number of aromatic nitrogens is 2. The first-order chi connectivity index (χ1) is 9.15. The van der Waals surface area contributed by atoms with E-state index in [0.29, 0.717) is 6.04 Å². The van der Waals surface area contributed by atoms with E-state index < -0.39 is 0 Å². The summed E-state index contributed by atoms with van der Waals surface area (Å²) in [6.07, 6.45) is 4.45. The van der Waals surface area contributed by atoms with Gasteiger partial charge >= 0.3 is 0 Å². The fourth-order valence-electron chi connectivity index (χ4n) is 3.15. The van der Waals surface area contributed by atoms with Gasteiger partial charge in [0.05, 0.1) is 24.3 Å². The van der Waals surface area contributed by atoms with E-state index in [2.05, 4.69) is 35.2 Å². The van der Waals surface area contributed by atoms with Gasteiger partial charge in [-0.3, -0.25) is 9.67 Å². The summed E-state index contributed by atoms with van der Waals surface area (Å²) in [6.45, 7) is 6.58. The van der Waals surface area contributed by atoms with Gasteiger partial charge in [0, 0.05) is 19.8 Å². The van der Waals surface area contributed by atoms with Crippen LogP contribution in [0.2, 0.25) is 0 Å². The number of guanidine groups is 1. The Hall–Kier alpha value is -1.52. The maximum atomic E-state index is 4.70. The first-order valence-electron chi connectivity index (χ1n) is 7.20. The van der Waals surface area contributed by atoms with Gasteiger partial charge in [-0.25, -0.2) is 0 Å². The minimum absolute atomic E-state index is 0.238. The van der Waals surface area contributed by atoms with E-state index in [1.165, 1.54) is 18.5 Å². The summed E-state index contributed by atoms with van der Waals surface area (Å²) in [5.41, 5.74) is 1.19. The summed E-state index contributed by atoms with van der Waals surface area (Å²) >= 11 is 0. The number of hydrogen-bond acceptors (Lipinski definition) is 4. The van der Waals surface area contributed by atoms with E-state index in [-0.39, 0.29) is 6.04 Å².